The van der Waals surface area contributed by atoms with Gasteiger partial charge in [0.25, 0.3) is 5.91 Å². The summed E-state index contributed by atoms with van der Waals surface area (Å²) in [5.41, 5.74) is 1.11. The minimum absolute atomic E-state index is 0.0825. The van der Waals surface area contributed by atoms with E-state index in [-0.39, 0.29) is 30.3 Å². The molecule has 31 heavy (non-hydrogen) atoms. The van der Waals surface area contributed by atoms with E-state index >= 15 is 0 Å². The first-order valence-corrected chi connectivity index (χ1v) is 10.7. The van der Waals surface area contributed by atoms with Crippen LogP contribution in [0.5, 0.6) is 5.75 Å². The van der Waals surface area contributed by atoms with Crippen molar-refractivity contribution in [2.24, 2.45) is 0 Å². The summed E-state index contributed by atoms with van der Waals surface area (Å²) in [5.74, 6) is 0.113. The molecular weight excluding hydrogens is 397 g/mol. The number of amides is 2. The topological polar surface area (TPSA) is 53.1 Å². The van der Waals surface area contributed by atoms with Crippen LogP contribution in [0, 0.1) is 5.82 Å². The van der Waals surface area contributed by atoms with Crippen molar-refractivity contribution >= 4 is 11.8 Å². The van der Waals surface area contributed by atoms with E-state index in [1.165, 1.54) is 24.3 Å². The highest BCUT2D eigenvalue weighted by molar-refractivity contribution is 5.81. The molecule has 7 heteroatoms. The number of rotatable bonds is 8. The third-order valence-corrected chi connectivity index (χ3v) is 5.66. The third-order valence-electron chi connectivity index (χ3n) is 5.66. The average Bonchev–Trinajstić information content (AvgIpc) is 2.82. The molecule has 1 unspecified atom stereocenters. The van der Waals surface area contributed by atoms with Gasteiger partial charge in [0, 0.05) is 39.3 Å². The maximum Gasteiger partial charge on any atom is 0.260 e. The zero-order valence-corrected chi connectivity index (χ0v) is 18.2. The van der Waals surface area contributed by atoms with Gasteiger partial charge < -0.3 is 14.5 Å². The Hall–Kier alpha value is -2.93. The first kappa shape index (κ1) is 22.7. The largest absolute Gasteiger partial charge is 0.484 e. The maximum absolute atomic E-state index is 13.0. The molecule has 0 spiro atoms. The predicted octanol–water partition coefficient (Wildman–Crippen LogP) is 2.79. The van der Waals surface area contributed by atoms with Crippen molar-refractivity contribution in [3.05, 3.63) is 66.0 Å². The Balaban J connectivity index is 1.46. The predicted molar refractivity (Wildman–Crippen MR) is 117 cm³/mol. The number of carbonyl (C=O) groups is 2. The molecule has 3 rings (SSSR count). The number of piperazine rings is 1. The summed E-state index contributed by atoms with van der Waals surface area (Å²) >= 11 is 0. The Morgan fingerprint density at radius 3 is 2.29 bits per heavy atom. The highest BCUT2D eigenvalue weighted by Crippen LogP contribution is 2.14. The number of carbonyl (C=O) groups excluding carboxylic acids is 2. The highest BCUT2D eigenvalue weighted by atomic mass is 19.1. The minimum Gasteiger partial charge on any atom is -0.484 e. The van der Waals surface area contributed by atoms with Crippen LogP contribution < -0.4 is 4.74 Å². The molecule has 0 radical (unpaired) electrons. The van der Waals surface area contributed by atoms with Gasteiger partial charge in [-0.2, -0.15) is 0 Å². The Kier molecular flexibility index (Phi) is 8.00. The van der Waals surface area contributed by atoms with Gasteiger partial charge in [-0.15, -0.1) is 0 Å². The zero-order valence-electron chi connectivity index (χ0n) is 18.2. The lowest BCUT2D eigenvalue weighted by Crippen LogP contribution is -2.56. The first-order chi connectivity index (χ1) is 15.0. The van der Waals surface area contributed by atoms with Crippen molar-refractivity contribution in [1.29, 1.82) is 0 Å². The number of nitrogens with zero attached hydrogens (tertiary/aromatic N) is 3. The average molecular weight is 428 g/mol. The molecule has 0 bridgehead atoms. The van der Waals surface area contributed by atoms with E-state index in [4.69, 9.17) is 4.74 Å². The van der Waals surface area contributed by atoms with Gasteiger partial charge >= 0.3 is 0 Å². The molecular formula is C24H30FN3O3. The molecule has 6 nitrogen and oxygen atoms in total. The molecule has 1 aliphatic rings. The van der Waals surface area contributed by atoms with Crippen molar-refractivity contribution in [1.82, 2.24) is 14.7 Å². The van der Waals surface area contributed by atoms with E-state index in [1.54, 1.807) is 4.90 Å². The summed E-state index contributed by atoms with van der Waals surface area (Å²) in [6.07, 6.45) is 0. The fourth-order valence-corrected chi connectivity index (χ4v) is 3.70. The SMILES string of the molecule is CCN(Cc1ccccc1)C(=O)C(C)N1CCN(C(=O)COc2ccc(F)cc2)CC1. The fourth-order valence-electron chi connectivity index (χ4n) is 3.70. The molecule has 0 N–H and O–H groups in total. The van der Waals surface area contributed by atoms with Crippen molar-refractivity contribution < 1.29 is 18.7 Å². The second-order valence-corrected chi connectivity index (χ2v) is 7.67. The summed E-state index contributed by atoms with van der Waals surface area (Å²) < 4.78 is 18.4. The monoisotopic (exact) mass is 427 g/mol. The van der Waals surface area contributed by atoms with E-state index in [1.807, 2.05) is 49.1 Å². The van der Waals surface area contributed by atoms with Gasteiger partial charge in [0.15, 0.2) is 6.61 Å². The van der Waals surface area contributed by atoms with Crippen LogP contribution in [0.15, 0.2) is 54.6 Å². The summed E-state index contributed by atoms with van der Waals surface area (Å²) in [4.78, 5) is 31.2. The van der Waals surface area contributed by atoms with Crippen LogP contribution in [-0.4, -0.2) is 71.9 Å². The molecule has 1 atom stereocenters. The van der Waals surface area contributed by atoms with Crippen LogP contribution in [0.4, 0.5) is 4.39 Å². The van der Waals surface area contributed by atoms with Gasteiger partial charge in [-0.25, -0.2) is 4.39 Å². The summed E-state index contributed by atoms with van der Waals surface area (Å²) in [6.45, 7) is 7.46. The van der Waals surface area contributed by atoms with Gasteiger partial charge in [-0.3, -0.25) is 14.5 Å². The quantitative estimate of drug-likeness (QED) is 0.650. The molecule has 2 amide bonds. The standard InChI is InChI=1S/C24H30FN3O3/c1-3-26(17-20-7-5-4-6-8-20)24(30)19(2)27-13-15-28(16-14-27)23(29)18-31-22-11-9-21(25)10-12-22/h4-12,19H,3,13-18H2,1-2H3. The lowest BCUT2D eigenvalue weighted by molar-refractivity contribution is -0.139. The molecule has 0 aliphatic carbocycles. The van der Waals surface area contributed by atoms with Gasteiger partial charge in [-0.05, 0) is 43.7 Å². The van der Waals surface area contributed by atoms with Crippen LogP contribution >= 0.6 is 0 Å². The molecule has 1 heterocycles. The Labute approximate surface area is 183 Å². The number of ether oxygens (including phenoxy) is 1. The van der Waals surface area contributed by atoms with Crippen LogP contribution in [-0.2, 0) is 16.1 Å². The molecule has 1 aliphatic heterocycles. The second-order valence-electron chi connectivity index (χ2n) is 7.67. The van der Waals surface area contributed by atoms with Gasteiger partial charge in [-0.1, -0.05) is 30.3 Å². The van der Waals surface area contributed by atoms with Crippen LogP contribution in [0.1, 0.15) is 19.4 Å². The second kappa shape index (κ2) is 10.9. The van der Waals surface area contributed by atoms with Crippen molar-refractivity contribution in [2.45, 2.75) is 26.4 Å². The zero-order chi connectivity index (χ0) is 22.2. The van der Waals surface area contributed by atoms with E-state index in [0.717, 1.165) is 5.56 Å². The number of likely N-dealkylation sites (N-methyl/N-ethyl adjacent to an activating group) is 1. The Morgan fingerprint density at radius 1 is 1.03 bits per heavy atom. The number of hydrogen-bond acceptors (Lipinski definition) is 4. The van der Waals surface area contributed by atoms with E-state index in [2.05, 4.69) is 4.90 Å². The maximum atomic E-state index is 13.0. The summed E-state index contributed by atoms with van der Waals surface area (Å²) in [6, 6.07) is 15.3. The van der Waals surface area contributed by atoms with E-state index in [0.29, 0.717) is 45.0 Å². The molecule has 166 valence electrons. The number of hydrogen-bond donors (Lipinski definition) is 0. The first-order valence-electron chi connectivity index (χ1n) is 10.7. The summed E-state index contributed by atoms with van der Waals surface area (Å²) in [7, 11) is 0. The van der Waals surface area contributed by atoms with Gasteiger partial charge in [0.2, 0.25) is 5.91 Å². The minimum atomic E-state index is -0.344. The molecule has 2 aromatic carbocycles. The van der Waals surface area contributed by atoms with Crippen LogP contribution in [0.25, 0.3) is 0 Å². The molecule has 2 aromatic rings. The molecule has 0 aromatic heterocycles. The number of halogens is 1. The Morgan fingerprint density at radius 2 is 1.68 bits per heavy atom. The number of benzene rings is 2. The lowest BCUT2D eigenvalue weighted by Gasteiger charge is -2.38. The highest BCUT2D eigenvalue weighted by Gasteiger charge is 2.29. The van der Waals surface area contributed by atoms with Crippen LogP contribution in [0.3, 0.4) is 0 Å². The lowest BCUT2D eigenvalue weighted by atomic mass is 10.1. The van der Waals surface area contributed by atoms with Crippen molar-refractivity contribution in [2.75, 3.05) is 39.3 Å². The normalized spacial score (nSPS) is 15.4. The van der Waals surface area contributed by atoms with Gasteiger partial charge in [0.05, 0.1) is 6.04 Å². The van der Waals surface area contributed by atoms with E-state index < -0.39 is 0 Å². The van der Waals surface area contributed by atoms with Crippen molar-refractivity contribution in [3.63, 3.8) is 0 Å². The van der Waals surface area contributed by atoms with Crippen LogP contribution in [0.2, 0.25) is 0 Å². The van der Waals surface area contributed by atoms with E-state index in [9.17, 15) is 14.0 Å². The fraction of sp³-hybridized carbons (Fsp3) is 0.417. The summed E-state index contributed by atoms with van der Waals surface area (Å²) in [5, 5.41) is 0. The molecule has 0 saturated carbocycles. The smallest absolute Gasteiger partial charge is 0.260 e. The van der Waals surface area contributed by atoms with Crippen molar-refractivity contribution in [3.8, 4) is 5.75 Å². The van der Waals surface area contributed by atoms with Gasteiger partial charge in [0.1, 0.15) is 11.6 Å². The Bertz CT molecular complexity index is 852. The molecule has 1 fully saturated rings. The molecule has 1 saturated heterocycles. The third kappa shape index (κ3) is 6.28.